The number of thiazole rings is 1. The van der Waals surface area contributed by atoms with Gasteiger partial charge in [-0.15, -0.1) is 11.3 Å². The van der Waals surface area contributed by atoms with Gasteiger partial charge in [0.15, 0.2) is 4.47 Å². The molecule has 0 saturated heterocycles. The number of nitrogens with one attached hydrogen (secondary N) is 1. The largest absolute Gasteiger partial charge is 0.380 e. The molecule has 0 unspecified atom stereocenters. The first-order valence-corrected chi connectivity index (χ1v) is 9.98. The Hall–Kier alpha value is -2.49. The summed E-state index contributed by atoms with van der Waals surface area (Å²) in [5.41, 5.74) is -0.0607. The highest BCUT2D eigenvalue weighted by molar-refractivity contribution is 7.91. The van der Waals surface area contributed by atoms with Crippen molar-refractivity contribution in [2.45, 2.75) is 16.3 Å². The standard InChI is InChI=1S/C16H12ClN3O4S2/c17-16-19-10-12(25-16)9-18-11-6-7-15(14(8-11)20(21)22)26(23,24)13-4-2-1-3-5-13/h1-8,10,18H,9H2. The van der Waals surface area contributed by atoms with E-state index in [1.165, 1.54) is 41.7 Å². The monoisotopic (exact) mass is 409 g/mol. The SMILES string of the molecule is O=[N+]([O-])c1cc(NCc2cnc(Cl)s2)ccc1S(=O)(=O)c1ccccc1. The van der Waals surface area contributed by atoms with Crippen LogP contribution in [0.4, 0.5) is 11.4 Å². The predicted octanol–water partition coefficient (Wildman–Crippen LogP) is 4.15. The summed E-state index contributed by atoms with van der Waals surface area (Å²) in [7, 11) is -3.99. The summed E-state index contributed by atoms with van der Waals surface area (Å²) < 4.78 is 25.8. The van der Waals surface area contributed by atoms with E-state index in [2.05, 4.69) is 10.3 Å². The molecule has 10 heteroatoms. The first-order chi connectivity index (χ1) is 12.4. The van der Waals surface area contributed by atoms with Crippen molar-refractivity contribution in [2.75, 3.05) is 5.32 Å². The van der Waals surface area contributed by atoms with Gasteiger partial charge in [0.25, 0.3) is 5.69 Å². The summed E-state index contributed by atoms with van der Waals surface area (Å²) in [6, 6.07) is 11.5. The molecule has 134 valence electrons. The molecule has 0 aliphatic rings. The minimum atomic E-state index is -3.99. The molecule has 3 rings (SSSR count). The van der Waals surface area contributed by atoms with E-state index in [1.807, 2.05) is 0 Å². The minimum absolute atomic E-state index is 0.00288. The maximum Gasteiger partial charge on any atom is 0.290 e. The maximum absolute atomic E-state index is 12.7. The van der Waals surface area contributed by atoms with E-state index >= 15 is 0 Å². The third-order valence-electron chi connectivity index (χ3n) is 3.49. The number of nitro groups is 1. The van der Waals surface area contributed by atoms with Crippen LogP contribution in [0.5, 0.6) is 0 Å². The number of rotatable bonds is 6. The molecule has 2 aromatic carbocycles. The lowest BCUT2D eigenvalue weighted by Gasteiger charge is -2.09. The van der Waals surface area contributed by atoms with Crippen molar-refractivity contribution in [2.24, 2.45) is 0 Å². The summed E-state index contributed by atoms with van der Waals surface area (Å²) >= 11 is 7.05. The summed E-state index contributed by atoms with van der Waals surface area (Å²) in [6.45, 7) is 0.367. The Morgan fingerprint density at radius 1 is 1.19 bits per heavy atom. The Labute approximate surface area is 158 Å². The van der Waals surface area contributed by atoms with Crippen molar-refractivity contribution >= 4 is 44.1 Å². The van der Waals surface area contributed by atoms with E-state index in [-0.39, 0.29) is 9.79 Å². The second-order valence-electron chi connectivity index (χ2n) is 5.19. The highest BCUT2D eigenvalue weighted by atomic mass is 35.5. The molecule has 3 aromatic rings. The molecule has 0 aliphatic heterocycles. The summed E-state index contributed by atoms with van der Waals surface area (Å²) in [6.07, 6.45) is 1.60. The smallest absolute Gasteiger partial charge is 0.290 e. The fourth-order valence-corrected chi connectivity index (χ4v) is 4.62. The predicted molar refractivity (Wildman–Crippen MR) is 99.4 cm³/mol. The van der Waals surface area contributed by atoms with Gasteiger partial charge in [-0.3, -0.25) is 10.1 Å². The van der Waals surface area contributed by atoms with Crippen molar-refractivity contribution in [1.82, 2.24) is 4.98 Å². The van der Waals surface area contributed by atoms with Crippen LogP contribution in [0, 0.1) is 10.1 Å². The Kier molecular flexibility index (Phi) is 5.21. The van der Waals surface area contributed by atoms with E-state index in [9.17, 15) is 18.5 Å². The minimum Gasteiger partial charge on any atom is -0.380 e. The molecule has 0 atom stereocenters. The van der Waals surface area contributed by atoms with Crippen molar-refractivity contribution in [3.63, 3.8) is 0 Å². The molecule has 0 spiro atoms. The fraction of sp³-hybridized carbons (Fsp3) is 0.0625. The Bertz CT molecular complexity index is 1050. The van der Waals surface area contributed by atoms with E-state index in [0.717, 1.165) is 4.88 Å². The number of nitrogens with zero attached hydrogens (tertiary/aromatic N) is 2. The summed E-state index contributed by atoms with van der Waals surface area (Å²) in [4.78, 5) is 15.1. The van der Waals surface area contributed by atoms with Crippen LogP contribution in [0.3, 0.4) is 0 Å². The number of hydrogen-bond acceptors (Lipinski definition) is 7. The normalized spacial score (nSPS) is 11.3. The molecule has 7 nitrogen and oxygen atoms in total. The highest BCUT2D eigenvalue weighted by Gasteiger charge is 2.27. The van der Waals surface area contributed by atoms with Gasteiger partial charge in [-0.2, -0.15) is 0 Å². The van der Waals surface area contributed by atoms with Crippen LogP contribution in [-0.2, 0) is 16.4 Å². The van der Waals surface area contributed by atoms with Crippen molar-refractivity contribution < 1.29 is 13.3 Å². The quantitative estimate of drug-likeness (QED) is 0.484. The fourth-order valence-electron chi connectivity index (χ4n) is 2.28. The van der Waals surface area contributed by atoms with Gasteiger partial charge in [-0.1, -0.05) is 29.8 Å². The van der Waals surface area contributed by atoms with E-state index in [4.69, 9.17) is 11.6 Å². The maximum atomic E-state index is 12.7. The van der Waals surface area contributed by atoms with E-state index in [1.54, 1.807) is 24.4 Å². The summed E-state index contributed by atoms with van der Waals surface area (Å²) in [5.74, 6) is 0. The lowest BCUT2D eigenvalue weighted by atomic mass is 10.3. The first kappa shape index (κ1) is 18.3. The van der Waals surface area contributed by atoms with Gasteiger partial charge in [-0.05, 0) is 24.3 Å². The third kappa shape index (κ3) is 3.85. The first-order valence-electron chi connectivity index (χ1n) is 7.30. The second-order valence-corrected chi connectivity index (χ2v) is 8.80. The van der Waals surface area contributed by atoms with Gasteiger partial charge in [0.1, 0.15) is 4.90 Å². The average Bonchev–Trinajstić information content (AvgIpc) is 3.05. The van der Waals surface area contributed by atoms with Crippen LogP contribution in [0.1, 0.15) is 4.88 Å². The molecular weight excluding hydrogens is 398 g/mol. The van der Waals surface area contributed by atoms with E-state index in [0.29, 0.717) is 16.7 Å². The van der Waals surface area contributed by atoms with Crippen LogP contribution in [0.15, 0.2) is 64.5 Å². The van der Waals surface area contributed by atoms with Crippen LogP contribution < -0.4 is 5.32 Å². The molecule has 0 saturated carbocycles. The van der Waals surface area contributed by atoms with Gasteiger partial charge in [0.05, 0.1) is 16.4 Å². The molecule has 0 aliphatic carbocycles. The number of anilines is 1. The van der Waals surface area contributed by atoms with Crippen molar-refractivity contribution in [3.8, 4) is 0 Å². The van der Waals surface area contributed by atoms with Crippen LogP contribution in [-0.4, -0.2) is 18.3 Å². The van der Waals surface area contributed by atoms with Crippen LogP contribution >= 0.6 is 22.9 Å². The van der Waals surface area contributed by atoms with Crippen molar-refractivity contribution in [1.29, 1.82) is 0 Å². The zero-order valence-electron chi connectivity index (χ0n) is 13.1. The topological polar surface area (TPSA) is 102 Å². The van der Waals surface area contributed by atoms with Gasteiger partial charge < -0.3 is 5.32 Å². The van der Waals surface area contributed by atoms with Crippen LogP contribution in [0.25, 0.3) is 0 Å². The number of hydrogen-bond donors (Lipinski definition) is 1. The van der Waals surface area contributed by atoms with Gasteiger partial charge in [0.2, 0.25) is 9.84 Å². The van der Waals surface area contributed by atoms with Gasteiger partial charge in [0, 0.05) is 22.8 Å². The molecule has 0 fully saturated rings. The molecule has 0 amide bonds. The second kappa shape index (κ2) is 7.40. The average molecular weight is 410 g/mol. The summed E-state index contributed by atoms with van der Waals surface area (Å²) in [5, 5.41) is 14.4. The molecular formula is C16H12ClN3O4S2. The van der Waals surface area contributed by atoms with Crippen LogP contribution in [0.2, 0.25) is 4.47 Å². The lowest BCUT2D eigenvalue weighted by Crippen LogP contribution is -2.07. The molecule has 0 bridgehead atoms. The van der Waals surface area contributed by atoms with Gasteiger partial charge >= 0.3 is 0 Å². The lowest BCUT2D eigenvalue weighted by molar-refractivity contribution is -0.387. The number of halogens is 1. The number of nitro benzene ring substituents is 1. The van der Waals surface area contributed by atoms with Crippen molar-refractivity contribution in [3.05, 3.63) is 74.2 Å². The molecule has 1 aromatic heterocycles. The Balaban J connectivity index is 1.93. The molecule has 0 radical (unpaired) electrons. The molecule has 1 heterocycles. The Morgan fingerprint density at radius 2 is 1.92 bits per heavy atom. The molecule has 26 heavy (non-hydrogen) atoms. The zero-order valence-corrected chi connectivity index (χ0v) is 15.5. The highest BCUT2D eigenvalue weighted by Crippen LogP contribution is 2.32. The number of sulfone groups is 1. The van der Waals surface area contributed by atoms with Gasteiger partial charge in [-0.25, -0.2) is 13.4 Å². The number of aromatic nitrogens is 1. The third-order valence-corrected chi connectivity index (χ3v) is 6.42. The zero-order chi connectivity index (χ0) is 18.7. The van der Waals surface area contributed by atoms with E-state index < -0.39 is 20.4 Å². The molecule has 1 N–H and O–H groups in total. The Morgan fingerprint density at radius 3 is 2.54 bits per heavy atom. The number of benzene rings is 2.